The van der Waals surface area contributed by atoms with E-state index in [0.29, 0.717) is 0 Å². The fourth-order valence-electron chi connectivity index (χ4n) is 2.03. The number of rotatable bonds is 3. The van der Waals surface area contributed by atoms with E-state index >= 15 is 0 Å². The summed E-state index contributed by atoms with van der Waals surface area (Å²) >= 11 is 6.09. The van der Waals surface area contributed by atoms with Crippen LogP contribution in [0, 0.1) is 13.8 Å². The molecule has 5 nitrogen and oxygen atoms in total. The zero-order valence-corrected chi connectivity index (χ0v) is 14.0. The van der Waals surface area contributed by atoms with Crippen LogP contribution in [-0.2, 0) is 14.4 Å². The first-order chi connectivity index (χ1) is 10.4. The molecule has 0 radical (unpaired) electrons. The summed E-state index contributed by atoms with van der Waals surface area (Å²) in [5, 5.41) is 2.81. The Balaban J connectivity index is 1.90. The largest absolute Gasteiger partial charge is 0.325 e. The number of amides is 3. The van der Waals surface area contributed by atoms with Crippen molar-refractivity contribution in [3.8, 4) is 0 Å². The smallest absolute Gasteiger partial charge is 0.235 e. The van der Waals surface area contributed by atoms with E-state index in [4.69, 9.17) is 12.2 Å². The summed E-state index contributed by atoms with van der Waals surface area (Å²) in [6.45, 7) is 3.86. The van der Waals surface area contributed by atoms with Crippen LogP contribution in [0.1, 0.15) is 24.0 Å². The second kappa shape index (κ2) is 7.02. The Kier molecular flexibility index (Phi) is 5.31. The lowest BCUT2D eigenvalue weighted by atomic mass is 10.1. The third-order valence-corrected chi connectivity index (χ3v) is 4.60. The zero-order chi connectivity index (χ0) is 16.3. The lowest BCUT2D eigenvalue weighted by Crippen LogP contribution is -2.33. The van der Waals surface area contributed by atoms with Crippen LogP contribution in [0.3, 0.4) is 0 Å². The van der Waals surface area contributed by atoms with Crippen molar-refractivity contribution in [2.24, 2.45) is 0 Å². The van der Waals surface area contributed by atoms with E-state index in [1.807, 2.05) is 32.0 Å². The lowest BCUT2D eigenvalue weighted by molar-refractivity contribution is -0.133. The van der Waals surface area contributed by atoms with E-state index in [-0.39, 0.29) is 40.6 Å². The molecule has 1 heterocycles. The molecular formula is C15H16N2O3S2. The maximum Gasteiger partial charge on any atom is 0.235 e. The summed E-state index contributed by atoms with van der Waals surface area (Å²) in [4.78, 5) is 36.1. The topological polar surface area (TPSA) is 66.5 Å². The van der Waals surface area contributed by atoms with E-state index in [2.05, 4.69) is 5.32 Å². The van der Waals surface area contributed by atoms with Crippen molar-refractivity contribution in [3.05, 3.63) is 29.3 Å². The van der Waals surface area contributed by atoms with Gasteiger partial charge in [-0.25, -0.2) is 4.90 Å². The summed E-state index contributed by atoms with van der Waals surface area (Å²) in [6, 6.07) is 5.80. The number of benzene rings is 1. The zero-order valence-electron chi connectivity index (χ0n) is 12.3. The van der Waals surface area contributed by atoms with Gasteiger partial charge in [-0.15, -0.1) is 0 Å². The Morgan fingerprint density at radius 2 is 1.91 bits per heavy atom. The third-order valence-electron chi connectivity index (χ3n) is 3.23. The predicted octanol–water partition coefficient (Wildman–Crippen LogP) is 2.41. The van der Waals surface area contributed by atoms with Gasteiger partial charge in [0.2, 0.25) is 17.7 Å². The number of likely N-dealkylation sites (tertiary alicyclic amines) is 1. The number of carbonyl (C=O) groups is 3. The SMILES string of the molecule is Cc1ccc(C)c(NC(=O)CSC(=S)N2C(=O)CCC2=O)c1. The van der Waals surface area contributed by atoms with Crippen molar-refractivity contribution in [1.29, 1.82) is 0 Å². The standard InChI is InChI=1S/C15H16N2O3S2/c1-9-3-4-10(2)11(7-9)16-12(18)8-22-15(21)17-13(19)5-6-14(17)20/h3-4,7H,5-6,8H2,1-2H3,(H,16,18). The van der Waals surface area contributed by atoms with Gasteiger partial charge < -0.3 is 5.32 Å². The molecule has 1 aromatic carbocycles. The minimum absolute atomic E-state index is 0.0588. The highest BCUT2D eigenvalue weighted by Crippen LogP contribution is 2.20. The summed E-state index contributed by atoms with van der Waals surface area (Å²) in [7, 11) is 0. The van der Waals surface area contributed by atoms with Crippen molar-refractivity contribution in [2.75, 3.05) is 11.1 Å². The van der Waals surface area contributed by atoms with Gasteiger partial charge in [-0.2, -0.15) is 0 Å². The van der Waals surface area contributed by atoms with Gasteiger partial charge in [0.1, 0.15) is 4.32 Å². The highest BCUT2D eigenvalue weighted by molar-refractivity contribution is 8.23. The minimum atomic E-state index is -0.294. The number of carbonyl (C=O) groups excluding carboxylic acids is 3. The molecule has 0 unspecified atom stereocenters. The van der Waals surface area contributed by atoms with Crippen molar-refractivity contribution in [2.45, 2.75) is 26.7 Å². The van der Waals surface area contributed by atoms with Gasteiger partial charge in [-0.1, -0.05) is 36.1 Å². The molecule has 1 aromatic rings. The molecule has 22 heavy (non-hydrogen) atoms. The van der Waals surface area contributed by atoms with E-state index in [1.165, 1.54) is 0 Å². The molecule has 0 saturated carbocycles. The first-order valence-corrected chi connectivity index (χ1v) is 8.17. The molecule has 1 saturated heterocycles. The highest BCUT2D eigenvalue weighted by Gasteiger charge is 2.32. The van der Waals surface area contributed by atoms with E-state index in [9.17, 15) is 14.4 Å². The van der Waals surface area contributed by atoms with Crippen molar-refractivity contribution in [3.63, 3.8) is 0 Å². The average Bonchev–Trinajstić information content (AvgIpc) is 2.80. The van der Waals surface area contributed by atoms with Gasteiger partial charge in [0.15, 0.2) is 0 Å². The number of aryl methyl sites for hydroxylation is 2. The summed E-state index contributed by atoms with van der Waals surface area (Å²) < 4.78 is 0.142. The lowest BCUT2D eigenvalue weighted by Gasteiger charge is -2.14. The molecule has 2 rings (SSSR count). The molecule has 1 fully saturated rings. The summed E-state index contributed by atoms with van der Waals surface area (Å²) in [5.41, 5.74) is 2.78. The van der Waals surface area contributed by atoms with Crippen LogP contribution >= 0.6 is 24.0 Å². The molecule has 7 heteroatoms. The molecule has 0 atom stereocenters. The van der Waals surface area contributed by atoms with E-state index < -0.39 is 0 Å². The van der Waals surface area contributed by atoms with Gasteiger partial charge in [-0.3, -0.25) is 14.4 Å². The number of thioether (sulfide) groups is 1. The molecule has 0 spiro atoms. The van der Waals surface area contributed by atoms with E-state index in [0.717, 1.165) is 33.5 Å². The van der Waals surface area contributed by atoms with Crippen LogP contribution in [-0.4, -0.2) is 32.7 Å². The van der Waals surface area contributed by atoms with Gasteiger partial charge in [0.05, 0.1) is 5.75 Å². The molecule has 0 aromatic heterocycles. The Labute approximate surface area is 138 Å². The van der Waals surface area contributed by atoms with Crippen LogP contribution in [0.25, 0.3) is 0 Å². The van der Waals surface area contributed by atoms with Gasteiger partial charge >= 0.3 is 0 Å². The molecule has 1 N–H and O–H groups in total. The van der Waals surface area contributed by atoms with Crippen LogP contribution in [0.4, 0.5) is 5.69 Å². The molecule has 0 aliphatic carbocycles. The molecule has 0 bridgehead atoms. The minimum Gasteiger partial charge on any atom is -0.325 e. The van der Waals surface area contributed by atoms with Crippen molar-refractivity contribution >= 4 is 51.7 Å². The Morgan fingerprint density at radius 1 is 1.27 bits per heavy atom. The number of thiocarbonyl (C=S) groups is 1. The molecule has 1 aliphatic rings. The maximum atomic E-state index is 12.0. The molecule has 116 valence electrons. The normalized spacial score (nSPS) is 14.4. The second-order valence-corrected chi connectivity index (χ2v) is 6.65. The number of hydrogen-bond acceptors (Lipinski definition) is 5. The van der Waals surface area contributed by atoms with Gasteiger partial charge in [-0.05, 0) is 31.0 Å². The monoisotopic (exact) mass is 336 g/mol. The fraction of sp³-hybridized carbons (Fsp3) is 0.333. The fourth-order valence-corrected chi connectivity index (χ4v) is 3.07. The van der Waals surface area contributed by atoms with Crippen LogP contribution in [0.15, 0.2) is 18.2 Å². The summed E-state index contributed by atoms with van der Waals surface area (Å²) in [6.07, 6.45) is 0.377. The van der Waals surface area contributed by atoms with Gasteiger partial charge in [0.25, 0.3) is 0 Å². The first kappa shape index (κ1) is 16.6. The first-order valence-electron chi connectivity index (χ1n) is 6.78. The highest BCUT2D eigenvalue weighted by atomic mass is 32.2. The van der Waals surface area contributed by atoms with Crippen LogP contribution < -0.4 is 5.32 Å². The Hall–Kier alpha value is -1.73. The van der Waals surface area contributed by atoms with Crippen LogP contribution in [0.2, 0.25) is 0 Å². The number of nitrogens with zero attached hydrogens (tertiary/aromatic N) is 1. The number of hydrogen-bond donors (Lipinski definition) is 1. The average molecular weight is 336 g/mol. The third kappa shape index (κ3) is 3.92. The number of imide groups is 1. The molecule has 3 amide bonds. The Bertz CT molecular complexity index is 642. The summed E-state index contributed by atoms with van der Waals surface area (Å²) in [5.74, 6) is -0.751. The predicted molar refractivity (Wildman–Crippen MR) is 90.7 cm³/mol. The van der Waals surface area contributed by atoms with Gasteiger partial charge in [0, 0.05) is 18.5 Å². The maximum absolute atomic E-state index is 12.0. The van der Waals surface area contributed by atoms with E-state index in [1.54, 1.807) is 0 Å². The van der Waals surface area contributed by atoms with Crippen molar-refractivity contribution < 1.29 is 14.4 Å². The second-order valence-electron chi connectivity index (χ2n) is 5.04. The Morgan fingerprint density at radius 3 is 2.55 bits per heavy atom. The van der Waals surface area contributed by atoms with Crippen molar-refractivity contribution in [1.82, 2.24) is 4.90 Å². The molecular weight excluding hydrogens is 320 g/mol. The number of nitrogens with one attached hydrogen (secondary N) is 1. The van der Waals surface area contributed by atoms with Crippen LogP contribution in [0.5, 0.6) is 0 Å². The molecule has 1 aliphatic heterocycles. The number of anilines is 1. The quantitative estimate of drug-likeness (QED) is 0.678.